The minimum Gasteiger partial charge on any atom is -0.380 e. The normalized spacial score (nSPS) is 35.7. The molecule has 1 heterocycles. The van der Waals surface area contributed by atoms with Gasteiger partial charge in [-0.25, -0.2) is 4.39 Å². The highest BCUT2D eigenvalue weighted by atomic mass is 19.1. The van der Waals surface area contributed by atoms with Gasteiger partial charge in [-0.05, 0) is 55.7 Å². The number of anilines is 2. The van der Waals surface area contributed by atoms with E-state index in [1.807, 2.05) is 0 Å². The van der Waals surface area contributed by atoms with Gasteiger partial charge in [-0.15, -0.1) is 0 Å². The van der Waals surface area contributed by atoms with Gasteiger partial charge < -0.3 is 10.6 Å². The number of fused-ring (bicyclic) bond motifs is 3. The summed E-state index contributed by atoms with van der Waals surface area (Å²) in [5, 5.41) is 6.41. The Morgan fingerprint density at radius 1 is 1.05 bits per heavy atom. The van der Waals surface area contributed by atoms with Gasteiger partial charge in [-0.3, -0.25) is 4.79 Å². The summed E-state index contributed by atoms with van der Waals surface area (Å²) in [5.41, 5.74) is 1.44. The van der Waals surface area contributed by atoms with E-state index in [0.717, 1.165) is 18.5 Å². The molecule has 0 aromatic heterocycles. The van der Waals surface area contributed by atoms with Crippen LogP contribution < -0.4 is 10.6 Å². The first kappa shape index (κ1) is 11.3. The first-order valence-electron chi connectivity index (χ1n) is 7.09. The summed E-state index contributed by atoms with van der Waals surface area (Å²) in [7, 11) is 0. The van der Waals surface area contributed by atoms with Crippen LogP contribution in [0.5, 0.6) is 0 Å². The van der Waals surface area contributed by atoms with Gasteiger partial charge in [0, 0.05) is 6.04 Å². The second kappa shape index (κ2) is 3.95. The molecule has 4 heteroatoms. The molecule has 3 aliphatic carbocycles. The average Bonchev–Trinajstić information content (AvgIpc) is 2.57. The average molecular weight is 260 g/mol. The van der Waals surface area contributed by atoms with Crippen molar-refractivity contribution in [3.63, 3.8) is 0 Å². The SMILES string of the molecule is O=C1Nc2cc(F)ccc2NC2C3CCC(CC3)C12. The lowest BCUT2D eigenvalue weighted by Gasteiger charge is -2.47. The van der Waals surface area contributed by atoms with Gasteiger partial charge >= 0.3 is 0 Å². The van der Waals surface area contributed by atoms with Crippen molar-refractivity contribution in [3.05, 3.63) is 24.0 Å². The van der Waals surface area contributed by atoms with Crippen molar-refractivity contribution in [1.82, 2.24) is 0 Å². The smallest absolute Gasteiger partial charge is 0.229 e. The summed E-state index contributed by atoms with van der Waals surface area (Å²) in [6.07, 6.45) is 4.74. The fraction of sp³-hybridized carbons (Fsp3) is 0.533. The molecule has 0 saturated heterocycles. The van der Waals surface area contributed by atoms with Crippen molar-refractivity contribution in [2.75, 3.05) is 10.6 Å². The summed E-state index contributed by atoms with van der Waals surface area (Å²) in [6.45, 7) is 0. The van der Waals surface area contributed by atoms with Crippen LogP contribution in [-0.2, 0) is 4.79 Å². The van der Waals surface area contributed by atoms with Crippen LogP contribution >= 0.6 is 0 Å². The van der Waals surface area contributed by atoms with Crippen LogP contribution in [-0.4, -0.2) is 11.9 Å². The van der Waals surface area contributed by atoms with Gasteiger partial charge in [0.15, 0.2) is 0 Å². The molecule has 4 aliphatic rings. The third kappa shape index (κ3) is 1.66. The molecule has 5 rings (SSSR count). The van der Waals surface area contributed by atoms with E-state index >= 15 is 0 Å². The van der Waals surface area contributed by atoms with E-state index in [-0.39, 0.29) is 23.7 Å². The standard InChI is InChI=1S/C15H17FN2O/c16-10-5-6-11-12(7-10)18-15(19)13-8-1-3-9(4-2-8)14(13)17-11/h5-9,13-14,17H,1-4H2,(H,18,19). The van der Waals surface area contributed by atoms with Crippen LogP contribution in [0.4, 0.5) is 15.8 Å². The predicted octanol–water partition coefficient (Wildman–Crippen LogP) is 2.99. The molecule has 1 aromatic rings. The van der Waals surface area contributed by atoms with E-state index < -0.39 is 0 Å². The molecule has 100 valence electrons. The molecule has 19 heavy (non-hydrogen) atoms. The Kier molecular flexibility index (Phi) is 2.34. The zero-order valence-corrected chi connectivity index (χ0v) is 10.7. The van der Waals surface area contributed by atoms with Crippen molar-refractivity contribution < 1.29 is 9.18 Å². The van der Waals surface area contributed by atoms with E-state index in [1.165, 1.54) is 25.0 Å². The molecule has 2 bridgehead atoms. The highest BCUT2D eigenvalue weighted by molar-refractivity contribution is 5.98. The first-order chi connectivity index (χ1) is 9.22. The summed E-state index contributed by atoms with van der Waals surface area (Å²) < 4.78 is 13.3. The summed E-state index contributed by atoms with van der Waals surface area (Å²) in [6, 6.07) is 4.80. The molecule has 3 saturated carbocycles. The Labute approximate surface area is 111 Å². The molecule has 3 nitrogen and oxygen atoms in total. The number of carbonyl (C=O) groups excluding carboxylic acids is 1. The molecule has 3 fully saturated rings. The predicted molar refractivity (Wildman–Crippen MR) is 71.4 cm³/mol. The lowest BCUT2D eigenvalue weighted by Crippen LogP contribution is -2.51. The number of rotatable bonds is 0. The minimum atomic E-state index is -0.311. The fourth-order valence-electron chi connectivity index (χ4n) is 4.18. The molecule has 0 radical (unpaired) electrons. The van der Waals surface area contributed by atoms with Gasteiger partial charge in [0.25, 0.3) is 0 Å². The van der Waals surface area contributed by atoms with E-state index in [1.54, 1.807) is 6.07 Å². The van der Waals surface area contributed by atoms with Gasteiger partial charge in [0.2, 0.25) is 5.91 Å². The quantitative estimate of drug-likeness (QED) is 0.753. The van der Waals surface area contributed by atoms with Crippen LogP contribution in [0.1, 0.15) is 25.7 Å². The maximum Gasteiger partial charge on any atom is 0.229 e. The Balaban J connectivity index is 1.77. The maximum atomic E-state index is 13.3. The van der Waals surface area contributed by atoms with Crippen molar-refractivity contribution in [3.8, 4) is 0 Å². The van der Waals surface area contributed by atoms with Crippen LogP contribution in [0.2, 0.25) is 0 Å². The lowest BCUT2D eigenvalue weighted by molar-refractivity contribution is -0.125. The topological polar surface area (TPSA) is 41.1 Å². The van der Waals surface area contributed by atoms with Crippen LogP contribution in [0.3, 0.4) is 0 Å². The number of benzene rings is 1. The maximum absolute atomic E-state index is 13.3. The van der Waals surface area contributed by atoms with Gasteiger partial charge in [0.1, 0.15) is 5.82 Å². The van der Waals surface area contributed by atoms with Crippen LogP contribution in [0.15, 0.2) is 18.2 Å². The molecular weight excluding hydrogens is 243 g/mol. The van der Waals surface area contributed by atoms with E-state index in [4.69, 9.17) is 0 Å². The van der Waals surface area contributed by atoms with E-state index in [9.17, 15) is 9.18 Å². The minimum absolute atomic E-state index is 0.0444. The summed E-state index contributed by atoms with van der Waals surface area (Å²) in [4.78, 5) is 12.4. The fourth-order valence-corrected chi connectivity index (χ4v) is 4.18. The highest BCUT2D eigenvalue weighted by Crippen LogP contribution is 2.48. The van der Waals surface area contributed by atoms with Gasteiger partial charge in [0.05, 0.1) is 17.3 Å². The lowest BCUT2D eigenvalue weighted by atomic mass is 9.61. The van der Waals surface area contributed by atoms with Gasteiger partial charge in [-0.2, -0.15) is 0 Å². The Bertz CT molecular complexity index is 537. The number of amides is 1. The van der Waals surface area contributed by atoms with Crippen LogP contribution in [0, 0.1) is 23.6 Å². The second-order valence-corrected chi connectivity index (χ2v) is 6.05. The Morgan fingerprint density at radius 2 is 1.79 bits per heavy atom. The number of carbonyl (C=O) groups is 1. The Hall–Kier alpha value is -1.58. The third-order valence-corrected chi connectivity index (χ3v) is 5.08. The largest absolute Gasteiger partial charge is 0.380 e. The number of nitrogens with one attached hydrogen (secondary N) is 2. The number of halogens is 1. The molecule has 2 atom stereocenters. The molecule has 1 aliphatic heterocycles. The van der Waals surface area contributed by atoms with Crippen molar-refractivity contribution in [1.29, 1.82) is 0 Å². The monoisotopic (exact) mass is 260 g/mol. The summed E-state index contributed by atoms with van der Waals surface area (Å²) >= 11 is 0. The van der Waals surface area contributed by atoms with Crippen molar-refractivity contribution in [2.45, 2.75) is 31.7 Å². The molecule has 2 unspecified atom stereocenters. The third-order valence-electron chi connectivity index (χ3n) is 5.08. The number of hydrogen-bond donors (Lipinski definition) is 2. The van der Waals surface area contributed by atoms with E-state index in [2.05, 4.69) is 10.6 Å². The van der Waals surface area contributed by atoms with Crippen molar-refractivity contribution >= 4 is 17.3 Å². The summed E-state index contributed by atoms with van der Waals surface area (Å²) in [5.74, 6) is 0.867. The second-order valence-electron chi connectivity index (χ2n) is 6.05. The zero-order valence-electron chi connectivity index (χ0n) is 10.7. The zero-order chi connectivity index (χ0) is 13.0. The number of hydrogen-bond acceptors (Lipinski definition) is 2. The highest BCUT2D eigenvalue weighted by Gasteiger charge is 2.48. The Morgan fingerprint density at radius 3 is 2.58 bits per heavy atom. The molecular formula is C15H17FN2O. The first-order valence-corrected chi connectivity index (χ1v) is 7.09. The molecule has 0 spiro atoms. The van der Waals surface area contributed by atoms with E-state index in [0.29, 0.717) is 17.5 Å². The molecule has 2 N–H and O–H groups in total. The molecule has 1 aromatic carbocycles. The van der Waals surface area contributed by atoms with Crippen molar-refractivity contribution in [2.24, 2.45) is 17.8 Å². The molecule has 1 amide bonds. The van der Waals surface area contributed by atoms with Gasteiger partial charge in [-0.1, -0.05) is 0 Å². The van der Waals surface area contributed by atoms with Crippen LogP contribution in [0.25, 0.3) is 0 Å².